The van der Waals surface area contributed by atoms with Crippen molar-refractivity contribution in [2.45, 2.75) is 78.2 Å². The summed E-state index contributed by atoms with van der Waals surface area (Å²) in [6, 6.07) is 0. The second-order valence-electron chi connectivity index (χ2n) is 10.2. The summed E-state index contributed by atoms with van der Waals surface area (Å²) in [7, 11) is 1.43. The van der Waals surface area contributed by atoms with Crippen LogP contribution < -0.4 is 0 Å². The van der Waals surface area contributed by atoms with Crippen molar-refractivity contribution in [2.75, 3.05) is 7.11 Å². The van der Waals surface area contributed by atoms with Crippen LogP contribution in [-0.2, 0) is 23.9 Å². The number of fused-ring (bicyclic) bond motifs is 5. The van der Waals surface area contributed by atoms with Crippen LogP contribution in [0.2, 0.25) is 0 Å². The van der Waals surface area contributed by atoms with Crippen LogP contribution >= 0.6 is 0 Å². The minimum absolute atomic E-state index is 0.0341. The summed E-state index contributed by atoms with van der Waals surface area (Å²) in [4.78, 5) is 37.2. The van der Waals surface area contributed by atoms with Crippen molar-refractivity contribution in [1.29, 1.82) is 0 Å². The van der Waals surface area contributed by atoms with Gasteiger partial charge < -0.3 is 9.47 Å². The third-order valence-electron chi connectivity index (χ3n) is 9.30. The van der Waals surface area contributed by atoms with Crippen molar-refractivity contribution in [1.82, 2.24) is 0 Å². The van der Waals surface area contributed by atoms with Crippen LogP contribution in [0.1, 0.15) is 72.1 Å². The lowest BCUT2D eigenvalue weighted by atomic mass is 9.44. The first-order valence-electron chi connectivity index (χ1n) is 11.0. The Morgan fingerprint density at radius 1 is 1.04 bits per heavy atom. The molecule has 8 atom stereocenters. The van der Waals surface area contributed by atoms with Gasteiger partial charge in [-0.2, -0.15) is 0 Å². The summed E-state index contributed by atoms with van der Waals surface area (Å²) in [6.45, 7) is 5.90. The summed E-state index contributed by atoms with van der Waals surface area (Å²) in [5.74, 6) is 1.32. The van der Waals surface area contributed by atoms with Crippen molar-refractivity contribution in [3.63, 3.8) is 0 Å². The van der Waals surface area contributed by atoms with Crippen LogP contribution in [0.3, 0.4) is 0 Å². The zero-order valence-corrected chi connectivity index (χ0v) is 17.7. The van der Waals surface area contributed by atoms with Gasteiger partial charge in [0, 0.05) is 18.8 Å². The van der Waals surface area contributed by atoms with Gasteiger partial charge in [0.1, 0.15) is 11.9 Å². The molecule has 0 aromatic heterocycles. The molecule has 0 amide bonds. The molecule has 4 rings (SSSR count). The Hall–Kier alpha value is -1.39. The number of ketones is 1. The highest BCUT2D eigenvalue weighted by Gasteiger charge is 2.65. The SMILES string of the molecule is COC(=O)[C@@H]1CC[C@@H]2[C@H]3CC[C@H]4C[C@H](OC(C)=O)CC[C@]4(C)[C@@H]3CC(=O)[C@@]21C. The summed E-state index contributed by atoms with van der Waals surface area (Å²) in [6.07, 6.45) is 7.48. The molecule has 0 aromatic rings. The molecule has 4 aliphatic carbocycles. The van der Waals surface area contributed by atoms with Crippen molar-refractivity contribution in [2.24, 2.45) is 40.4 Å². The number of carbonyl (C=O) groups excluding carboxylic acids is 3. The second-order valence-corrected chi connectivity index (χ2v) is 10.2. The molecule has 0 N–H and O–H groups in total. The van der Waals surface area contributed by atoms with E-state index in [2.05, 4.69) is 6.92 Å². The van der Waals surface area contributed by atoms with Crippen LogP contribution in [-0.4, -0.2) is 30.9 Å². The first-order chi connectivity index (χ1) is 13.2. The number of rotatable bonds is 2. The summed E-state index contributed by atoms with van der Waals surface area (Å²) in [5.41, 5.74) is -0.410. The highest BCUT2D eigenvalue weighted by atomic mass is 16.5. The maximum Gasteiger partial charge on any atom is 0.309 e. The topological polar surface area (TPSA) is 69.7 Å². The van der Waals surface area contributed by atoms with Gasteiger partial charge in [-0.05, 0) is 74.0 Å². The zero-order chi connectivity index (χ0) is 20.3. The van der Waals surface area contributed by atoms with E-state index in [0.717, 1.165) is 44.9 Å². The quantitative estimate of drug-likeness (QED) is 0.668. The summed E-state index contributed by atoms with van der Waals surface area (Å²) < 4.78 is 10.6. The van der Waals surface area contributed by atoms with E-state index in [0.29, 0.717) is 30.1 Å². The Kier molecular flexibility index (Phi) is 4.86. The maximum absolute atomic E-state index is 13.4. The molecule has 0 saturated heterocycles. The Labute approximate surface area is 167 Å². The number of hydrogen-bond acceptors (Lipinski definition) is 5. The Bertz CT molecular complexity index is 686. The molecule has 0 heterocycles. The fourth-order valence-electron chi connectivity index (χ4n) is 7.80. The van der Waals surface area contributed by atoms with E-state index >= 15 is 0 Å². The Morgan fingerprint density at radius 2 is 1.79 bits per heavy atom. The van der Waals surface area contributed by atoms with E-state index in [1.807, 2.05) is 6.92 Å². The average molecular weight is 391 g/mol. The lowest BCUT2D eigenvalue weighted by molar-refractivity contribution is -0.171. The van der Waals surface area contributed by atoms with Gasteiger partial charge in [0.15, 0.2) is 0 Å². The standard InChI is InChI=1S/C23H34O5/c1-13(24)28-15-9-10-22(2)14(11-15)5-6-16-17-7-8-18(21(26)27-4)23(17,3)20(25)12-19(16)22/h14-19H,5-12H2,1-4H3/t14-,15+,16+,17+,18-,19+,22-,23-/m0/s1. The largest absolute Gasteiger partial charge is 0.469 e. The fourth-order valence-corrected chi connectivity index (χ4v) is 7.80. The van der Waals surface area contributed by atoms with E-state index in [1.165, 1.54) is 14.0 Å². The highest BCUT2D eigenvalue weighted by molar-refractivity contribution is 5.92. The lowest BCUT2D eigenvalue weighted by Gasteiger charge is -2.60. The fraction of sp³-hybridized carbons (Fsp3) is 0.870. The minimum atomic E-state index is -0.549. The second kappa shape index (κ2) is 6.84. The number of ether oxygens (including phenoxy) is 2. The lowest BCUT2D eigenvalue weighted by Crippen LogP contribution is -2.57. The highest BCUT2D eigenvalue weighted by Crippen LogP contribution is 2.66. The molecule has 0 radical (unpaired) electrons. The van der Waals surface area contributed by atoms with Crippen molar-refractivity contribution >= 4 is 17.7 Å². The molecular weight excluding hydrogens is 356 g/mol. The first kappa shape index (κ1) is 19.9. The molecule has 0 aliphatic heterocycles. The van der Waals surface area contributed by atoms with Crippen LogP contribution in [0, 0.1) is 40.4 Å². The predicted molar refractivity (Wildman–Crippen MR) is 103 cm³/mol. The third-order valence-corrected chi connectivity index (χ3v) is 9.30. The van der Waals surface area contributed by atoms with E-state index in [4.69, 9.17) is 9.47 Å². The number of esters is 2. The smallest absolute Gasteiger partial charge is 0.309 e. The summed E-state index contributed by atoms with van der Waals surface area (Å²) in [5, 5.41) is 0. The molecule has 156 valence electrons. The molecule has 0 spiro atoms. The maximum atomic E-state index is 13.4. The number of hydrogen-bond donors (Lipinski definition) is 0. The monoisotopic (exact) mass is 390 g/mol. The first-order valence-corrected chi connectivity index (χ1v) is 11.0. The summed E-state index contributed by atoms with van der Waals surface area (Å²) >= 11 is 0. The van der Waals surface area contributed by atoms with Crippen LogP contribution in [0.25, 0.3) is 0 Å². The molecular formula is C23H34O5. The molecule has 28 heavy (non-hydrogen) atoms. The van der Waals surface area contributed by atoms with Gasteiger partial charge in [-0.25, -0.2) is 0 Å². The van der Waals surface area contributed by atoms with E-state index < -0.39 is 5.41 Å². The molecule has 5 heteroatoms. The van der Waals surface area contributed by atoms with Gasteiger partial charge in [-0.1, -0.05) is 13.8 Å². The van der Waals surface area contributed by atoms with E-state index in [1.54, 1.807) is 0 Å². The number of Topliss-reactive ketones (excluding diaryl/α,β-unsaturated/α-hetero) is 1. The number of carbonyl (C=O) groups is 3. The molecule has 4 saturated carbocycles. The van der Waals surface area contributed by atoms with Gasteiger partial charge in [0.2, 0.25) is 0 Å². The third kappa shape index (κ3) is 2.75. The van der Waals surface area contributed by atoms with Crippen molar-refractivity contribution < 1.29 is 23.9 Å². The molecule has 5 nitrogen and oxygen atoms in total. The van der Waals surface area contributed by atoms with Gasteiger partial charge in [0.05, 0.1) is 13.0 Å². The molecule has 4 aliphatic rings. The predicted octanol–water partition coefficient (Wildman–Crippen LogP) is 3.93. The van der Waals surface area contributed by atoms with Gasteiger partial charge in [-0.15, -0.1) is 0 Å². The van der Waals surface area contributed by atoms with Crippen molar-refractivity contribution in [3.05, 3.63) is 0 Å². The van der Waals surface area contributed by atoms with Crippen LogP contribution in [0.15, 0.2) is 0 Å². The Balaban J connectivity index is 1.58. The normalized spacial score (nSPS) is 47.5. The molecule has 0 bridgehead atoms. The molecule has 0 unspecified atom stereocenters. The minimum Gasteiger partial charge on any atom is -0.469 e. The molecule has 0 aromatic carbocycles. The zero-order valence-electron chi connectivity index (χ0n) is 17.7. The van der Waals surface area contributed by atoms with Gasteiger partial charge >= 0.3 is 11.9 Å². The van der Waals surface area contributed by atoms with Gasteiger partial charge in [-0.3, -0.25) is 14.4 Å². The average Bonchev–Trinajstić information content (AvgIpc) is 3.01. The van der Waals surface area contributed by atoms with Crippen LogP contribution in [0.4, 0.5) is 0 Å². The van der Waals surface area contributed by atoms with Crippen LogP contribution in [0.5, 0.6) is 0 Å². The molecule has 4 fully saturated rings. The van der Waals surface area contributed by atoms with E-state index in [-0.39, 0.29) is 35.2 Å². The van der Waals surface area contributed by atoms with Crippen molar-refractivity contribution in [3.8, 4) is 0 Å². The van der Waals surface area contributed by atoms with Gasteiger partial charge in [0.25, 0.3) is 0 Å². The van der Waals surface area contributed by atoms with E-state index in [9.17, 15) is 14.4 Å². The Morgan fingerprint density at radius 3 is 2.46 bits per heavy atom. The number of methoxy groups -OCH3 is 1.